The van der Waals surface area contributed by atoms with Gasteiger partial charge in [0, 0.05) is 6.04 Å². The molecule has 0 bridgehead atoms. The standard InChI is InChI=1S/C15H31NO/c1-5-9-15(17)16(4)14-11-8-6-7-10-13(14)12(2)3/h12-15,17H,5-11H2,1-4H3. The second kappa shape index (κ2) is 7.38. The molecule has 102 valence electrons. The zero-order valence-corrected chi connectivity index (χ0v) is 12.2. The van der Waals surface area contributed by atoms with Gasteiger partial charge >= 0.3 is 0 Å². The van der Waals surface area contributed by atoms with Crippen molar-refractivity contribution in [2.24, 2.45) is 11.8 Å². The summed E-state index contributed by atoms with van der Waals surface area (Å²) in [7, 11) is 2.12. The van der Waals surface area contributed by atoms with Gasteiger partial charge in [0.1, 0.15) is 6.23 Å². The van der Waals surface area contributed by atoms with Crippen LogP contribution in [0.15, 0.2) is 0 Å². The molecule has 0 heterocycles. The van der Waals surface area contributed by atoms with E-state index in [0.717, 1.165) is 24.7 Å². The number of aliphatic hydroxyl groups is 1. The highest BCUT2D eigenvalue weighted by Crippen LogP contribution is 2.32. The highest BCUT2D eigenvalue weighted by molar-refractivity contribution is 4.83. The van der Waals surface area contributed by atoms with Gasteiger partial charge in [0.05, 0.1) is 0 Å². The Balaban J connectivity index is 2.67. The fourth-order valence-corrected chi connectivity index (χ4v) is 3.28. The summed E-state index contributed by atoms with van der Waals surface area (Å²) in [5.74, 6) is 1.49. The summed E-state index contributed by atoms with van der Waals surface area (Å²) in [5, 5.41) is 10.2. The van der Waals surface area contributed by atoms with Crippen LogP contribution < -0.4 is 0 Å². The second-order valence-electron chi connectivity index (χ2n) is 6.05. The lowest BCUT2D eigenvalue weighted by Gasteiger charge is -2.38. The first-order valence-corrected chi connectivity index (χ1v) is 7.48. The first-order chi connectivity index (χ1) is 8.07. The summed E-state index contributed by atoms with van der Waals surface area (Å²) < 4.78 is 0. The van der Waals surface area contributed by atoms with Crippen molar-refractivity contribution in [2.45, 2.75) is 78.0 Å². The molecule has 2 heteroatoms. The Hall–Kier alpha value is -0.0800. The normalized spacial score (nSPS) is 28.4. The monoisotopic (exact) mass is 241 g/mol. The maximum Gasteiger partial charge on any atom is 0.107 e. The van der Waals surface area contributed by atoms with E-state index in [4.69, 9.17) is 0 Å². The van der Waals surface area contributed by atoms with Crippen LogP contribution in [0, 0.1) is 11.8 Å². The largest absolute Gasteiger partial charge is 0.378 e. The van der Waals surface area contributed by atoms with Crippen molar-refractivity contribution in [3.63, 3.8) is 0 Å². The molecule has 3 atom stereocenters. The van der Waals surface area contributed by atoms with Crippen LogP contribution in [0.5, 0.6) is 0 Å². The van der Waals surface area contributed by atoms with Gasteiger partial charge in [0.25, 0.3) is 0 Å². The Kier molecular flexibility index (Phi) is 6.50. The summed E-state index contributed by atoms with van der Waals surface area (Å²) in [4.78, 5) is 2.25. The molecular weight excluding hydrogens is 210 g/mol. The number of nitrogens with zero attached hydrogens (tertiary/aromatic N) is 1. The lowest BCUT2D eigenvalue weighted by Crippen LogP contribution is -2.45. The number of aliphatic hydroxyl groups excluding tert-OH is 1. The molecule has 0 saturated heterocycles. The summed E-state index contributed by atoms with van der Waals surface area (Å²) in [6, 6.07) is 0.582. The SMILES string of the molecule is CCCC(O)N(C)C1CCCCCC1C(C)C. The maximum atomic E-state index is 10.2. The van der Waals surface area contributed by atoms with E-state index in [-0.39, 0.29) is 6.23 Å². The van der Waals surface area contributed by atoms with Gasteiger partial charge in [-0.3, -0.25) is 4.90 Å². The van der Waals surface area contributed by atoms with E-state index in [2.05, 4.69) is 32.7 Å². The molecule has 1 N–H and O–H groups in total. The number of hydrogen-bond donors (Lipinski definition) is 1. The topological polar surface area (TPSA) is 23.5 Å². The third-order valence-electron chi connectivity index (χ3n) is 4.43. The van der Waals surface area contributed by atoms with Gasteiger partial charge in [-0.05, 0) is 38.1 Å². The molecule has 1 aliphatic rings. The molecule has 0 aromatic rings. The van der Waals surface area contributed by atoms with E-state index in [9.17, 15) is 5.11 Å². The predicted octanol–water partition coefficient (Wildman–Crippen LogP) is 3.64. The number of rotatable bonds is 5. The lowest BCUT2D eigenvalue weighted by atomic mass is 9.84. The Labute approximate surface area is 107 Å². The molecule has 17 heavy (non-hydrogen) atoms. The maximum absolute atomic E-state index is 10.2. The van der Waals surface area contributed by atoms with E-state index >= 15 is 0 Å². The molecule has 1 fully saturated rings. The van der Waals surface area contributed by atoms with Crippen molar-refractivity contribution in [3.05, 3.63) is 0 Å². The first-order valence-electron chi connectivity index (χ1n) is 7.48. The van der Waals surface area contributed by atoms with Crippen LogP contribution in [-0.4, -0.2) is 29.3 Å². The average Bonchev–Trinajstić information content (AvgIpc) is 2.53. The molecule has 0 spiro atoms. The highest BCUT2D eigenvalue weighted by Gasteiger charge is 2.31. The average molecular weight is 241 g/mol. The van der Waals surface area contributed by atoms with E-state index in [1.54, 1.807) is 0 Å². The summed E-state index contributed by atoms with van der Waals surface area (Å²) in [6.45, 7) is 6.82. The van der Waals surface area contributed by atoms with Crippen molar-refractivity contribution < 1.29 is 5.11 Å². The van der Waals surface area contributed by atoms with Gasteiger partial charge in [0.2, 0.25) is 0 Å². The third kappa shape index (κ3) is 4.26. The van der Waals surface area contributed by atoms with Gasteiger partial charge in [-0.2, -0.15) is 0 Å². The van der Waals surface area contributed by atoms with Crippen LogP contribution in [0.4, 0.5) is 0 Å². The van der Waals surface area contributed by atoms with Gasteiger partial charge in [-0.15, -0.1) is 0 Å². The van der Waals surface area contributed by atoms with Crippen LogP contribution in [0.3, 0.4) is 0 Å². The van der Waals surface area contributed by atoms with Crippen LogP contribution in [0.25, 0.3) is 0 Å². The molecule has 1 rings (SSSR count). The van der Waals surface area contributed by atoms with Crippen molar-refractivity contribution in [1.82, 2.24) is 4.90 Å². The van der Waals surface area contributed by atoms with Crippen LogP contribution in [0.1, 0.15) is 65.7 Å². The van der Waals surface area contributed by atoms with Gasteiger partial charge in [-0.25, -0.2) is 0 Å². The Bertz CT molecular complexity index is 205. The molecule has 2 nitrogen and oxygen atoms in total. The Morgan fingerprint density at radius 2 is 1.82 bits per heavy atom. The molecule has 0 radical (unpaired) electrons. The smallest absolute Gasteiger partial charge is 0.107 e. The lowest BCUT2D eigenvalue weighted by molar-refractivity contribution is -0.0359. The molecule has 0 amide bonds. The van der Waals surface area contributed by atoms with Gasteiger partial charge < -0.3 is 5.11 Å². The first kappa shape index (κ1) is 15.0. The molecule has 0 aliphatic heterocycles. The van der Waals surface area contributed by atoms with E-state index in [1.807, 2.05) is 0 Å². The van der Waals surface area contributed by atoms with Crippen molar-refractivity contribution in [1.29, 1.82) is 0 Å². The van der Waals surface area contributed by atoms with Crippen molar-refractivity contribution in [2.75, 3.05) is 7.05 Å². The predicted molar refractivity (Wildman–Crippen MR) is 73.9 cm³/mol. The van der Waals surface area contributed by atoms with Crippen molar-refractivity contribution >= 4 is 0 Å². The van der Waals surface area contributed by atoms with Gasteiger partial charge in [-0.1, -0.05) is 46.5 Å². The second-order valence-corrected chi connectivity index (χ2v) is 6.05. The van der Waals surface area contributed by atoms with Crippen LogP contribution in [-0.2, 0) is 0 Å². The summed E-state index contributed by atoms with van der Waals surface area (Å²) in [5.41, 5.74) is 0. The minimum Gasteiger partial charge on any atom is -0.378 e. The van der Waals surface area contributed by atoms with Crippen LogP contribution >= 0.6 is 0 Å². The highest BCUT2D eigenvalue weighted by atomic mass is 16.3. The Morgan fingerprint density at radius 1 is 1.18 bits per heavy atom. The van der Waals surface area contributed by atoms with Gasteiger partial charge in [0.15, 0.2) is 0 Å². The fourth-order valence-electron chi connectivity index (χ4n) is 3.28. The minimum absolute atomic E-state index is 0.246. The third-order valence-corrected chi connectivity index (χ3v) is 4.43. The molecule has 0 aromatic carbocycles. The summed E-state index contributed by atoms with van der Waals surface area (Å²) >= 11 is 0. The number of hydrogen-bond acceptors (Lipinski definition) is 2. The molecule has 1 aliphatic carbocycles. The molecule has 3 unspecified atom stereocenters. The zero-order chi connectivity index (χ0) is 12.8. The van der Waals surface area contributed by atoms with E-state index < -0.39 is 0 Å². The molecular formula is C15H31NO. The zero-order valence-electron chi connectivity index (χ0n) is 12.2. The van der Waals surface area contributed by atoms with E-state index in [1.165, 1.54) is 32.1 Å². The molecule has 1 saturated carbocycles. The quantitative estimate of drug-likeness (QED) is 0.587. The molecule has 0 aromatic heterocycles. The van der Waals surface area contributed by atoms with E-state index in [0.29, 0.717) is 6.04 Å². The fraction of sp³-hybridized carbons (Fsp3) is 1.00. The Morgan fingerprint density at radius 3 is 2.41 bits per heavy atom. The summed E-state index contributed by atoms with van der Waals surface area (Å²) in [6.07, 6.45) is 8.39. The van der Waals surface area contributed by atoms with Crippen LogP contribution in [0.2, 0.25) is 0 Å². The van der Waals surface area contributed by atoms with Crippen molar-refractivity contribution in [3.8, 4) is 0 Å². The minimum atomic E-state index is -0.246.